The molecule has 0 aliphatic heterocycles. The summed E-state index contributed by atoms with van der Waals surface area (Å²) >= 11 is 0. The van der Waals surface area contributed by atoms with Gasteiger partial charge in [-0.25, -0.2) is 9.97 Å². The van der Waals surface area contributed by atoms with Crippen LogP contribution in [-0.2, 0) is 0 Å². The van der Waals surface area contributed by atoms with Crippen LogP contribution in [-0.4, -0.2) is 40.4 Å². The molecule has 0 aromatic carbocycles. The van der Waals surface area contributed by atoms with Gasteiger partial charge in [-0.15, -0.1) is 0 Å². The number of hydrogen-bond donors (Lipinski definition) is 1. The largest absolute Gasteiger partial charge is 0.369 e. The SMILES string of the molecule is CCCNc1cnc(C(=O)N(C)C2CCCC(C)C2)cn1. The van der Waals surface area contributed by atoms with Gasteiger partial charge in [-0.05, 0) is 25.2 Å². The monoisotopic (exact) mass is 290 g/mol. The van der Waals surface area contributed by atoms with E-state index >= 15 is 0 Å². The van der Waals surface area contributed by atoms with E-state index in [-0.39, 0.29) is 5.91 Å². The minimum atomic E-state index is -0.0244. The van der Waals surface area contributed by atoms with Crippen molar-refractivity contribution in [3.8, 4) is 0 Å². The molecular weight excluding hydrogens is 264 g/mol. The molecule has 1 heterocycles. The average Bonchev–Trinajstić information content (AvgIpc) is 2.52. The summed E-state index contributed by atoms with van der Waals surface area (Å²) in [6, 6.07) is 0.334. The van der Waals surface area contributed by atoms with Crippen molar-refractivity contribution in [1.29, 1.82) is 0 Å². The molecule has 5 heteroatoms. The normalized spacial score (nSPS) is 21.9. The molecule has 1 aliphatic carbocycles. The van der Waals surface area contributed by atoms with Gasteiger partial charge < -0.3 is 10.2 Å². The molecule has 0 radical (unpaired) electrons. The molecule has 2 rings (SSSR count). The Hall–Kier alpha value is -1.65. The molecule has 0 bridgehead atoms. The van der Waals surface area contributed by atoms with Crippen molar-refractivity contribution in [2.75, 3.05) is 18.9 Å². The lowest BCUT2D eigenvalue weighted by molar-refractivity contribution is 0.0666. The molecule has 5 nitrogen and oxygen atoms in total. The van der Waals surface area contributed by atoms with Crippen LogP contribution in [0.4, 0.5) is 5.82 Å². The van der Waals surface area contributed by atoms with Gasteiger partial charge >= 0.3 is 0 Å². The second kappa shape index (κ2) is 7.38. The van der Waals surface area contributed by atoms with Crippen LogP contribution in [0.25, 0.3) is 0 Å². The first-order valence-electron chi connectivity index (χ1n) is 7.95. The lowest BCUT2D eigenvalue weighted by atomic mass is 9.86. The van der Waals surface area contributed by atoms with E-state index in [9.17, 15) is 4.79 Å². The van der Waals surface area contributed by atoms with Crippen molar-refractivity contribution in [3.05, 3.63) is 18.1 Å². The Balaban J connectivity index is 1.98. The number of anilines is 1. The van der Waals surface area contributed by atoms with Crippen molar-refractivity contribution in [2.24, 2.45) is 5.92 Å². The van der Waals surface area contributed by atoms with Crippen LogP contribution in [0.5, 0.6) is 0 Å². The maximum Gasteiger partial charge on any atom is 0.274 e. The van der Waals surface area contributed by atoms with E-state index in [2.05, 4.69) is 29.1 Å². The summed E-state index contributed by atoms with van der Waals surface area (Å²) in [5, 5.41) is 3.16. The van der Waals surface area contributed by atoms with Crippen LogP contribution >= 0.6 is 0 Å². The van der Waals surface area contributed by atoms with Gasteiger partial charge in [-0.2, -0.15) is 0 Å². The Labute approximate surface area is 127 Å². The highest BCUT2D eigenvalue weighted by molar-refractivity contribution is 5.92. The van der Waals surface area contributed by atoms with Gasteiger partial charge in [0.25, 0.3) is 5.91 Å². The minimum absolute atomic E-state index is 0.0244. The maximum atomic E-state index is 12.5. The highest BCUT2D eigenvalue weighted by atomic mass is 16.2. The summed E-state index contributed by atoms with van der Waals surface area (Å²) in [4.78, 5) is 22.8. The number of hydrogen-bond acceptors (Lipinski definition) is 4. The van der Waals surface area contributed by atoms with Crippen LogP contribution < -0.4 is 5.32 Å². The van der Waals surface area contributed by atoms with E-state index in [4.69, 9.17) is 0 Å². The summed E-state index contributed by atoms with van der Waals surface area (Å²) in [5.41, 5.74) is 0.428. The van der Waals surface area contributed by atoms with Crippen LogP contribution in [0.1, 0.15) is 56.4 Å². The predicted octanol–water partition coefficient (Wildman–Crippen LogP) is 2.95. The predicted molar refractivity (Wildman–Crippen MR) is 84.3 cm³/mol. The van der Waals surface area contributed by atoms with Crippen LogP contribution in [0.2, 0.25) is 0 Å². The number of nitrogens with one attached hydrogen (secondary N) is 1. The fourth-order valence-electron chi connectivity index (χ4n) is 2.88. The number of carbonyl (C=O) groups excluding carboxylic acids is 1. The third-order valence-electron chi connectivity index (χ3n) is 4.20. The third-order valence-corrected chi connectivity index (χ3v) is 4.20. The first-order valence-corrected chi connectivity index (χ1v) is 7.95. The van der Waals surface area contributed by atoms with Gasteiger partial charge in [0.15, 0.2) is 0 Å². The number of carbonyl (C=O) groups is 1. The van der Waals surface area contributed by atoms with Crippen molar-refractivity contribution in [3.63, 3.8) is 0 Å². The molecule has 1 N–H and O–H groups in total. The Kier molecular flexibility index (Phi) is 5.53. The van der Waals surface area contributed by atoms with Crippen LogP contribution in [0.15, 0.2) is 12.4 Å². The van der Waals surface area contributed by atoms with Gasteiger partial charge in [0.05, 0.1) is 12.4 Å². The molecule has 1 aromatic rings. The van der Waals surface area contributed by atoms with Gasteiger partial charge in [-0.1, -0.05) is 26.7 Å². The number of aromatic nitrogens is 2. The summed E-state index contributed by atoms with van der Waals surface area (Å²) in [6.45, 7) is 5.22. The zero-order chi connectivity index (χ0) is 15.2. The van der Waals surface area contributed by atoms with E-state index in [1.54, 1.807) is 12.4 Å². The summed E-state index contributed by atoms with van der Waals surface area (Å²) in [5.74, 6) is 1.40. The zero-order valence-corrected chi connectivity index (χ0v) is 13.3. The number of nitrogens with zero attached hydrogens (tertiary/aromatic N) is 3. The lowest BCUT2D eigenvalue weighted by Gasteiger charge is -2.33. The average molecular weight is 290 g/mol. The molecule has 1 aliphatic rings. The smallest absolute Gasteiger partial charge is 0.274 e. The van der Waals surface area contributed by atoms with E-state index in [0.717, 1.165) is 31.6 Å². The van der Waals surface area contributed by atoms with Gasteiger partial charge in [-0.3, -0.25) is 4.79 Å². The first-order chi connectivity index (χ1) is 10.1. The molecular formula is C16H26N4O. The number of rotatable bonds is 5. The molecule has 1 amide bonds. The standard InChI is InChI=1S/C16H26N4O/c1-4-8-17-15-11-18-14(10-19-15)16(21)20(3)13-7-5-6-12(2)9-13/h10-13H,4-9H2,1-3H3,(H,17,19). The van der Waals surface area contributed by atoms with Crippen LogP contribution in [0.3, 0.4) is 0 Å². The van der Waals surface area contributed by atoms with E-state index in [0.29, 0.717) is 17.7 Å². The van der Waals surface area contributed by atoms with Crippen molar-refractivity contribution in [2.45, 2.75) is 52.0 Å². The minimum Gasteiger partial charge on any atom is -0.369 e. The van der Waals surface area contributed by atoms with Gasteiger partial charge in [0.2, 0.25) is 0 Å². The second-order valence-electron chi connectivity index (χ2n) is 6.06. The summed E-state index contributed by atoms with van der Waals surface area (Å²) in [6.07, 6.45) is 8.90. The van der Waals surface area contributed by atoms with Crippen molar-refractivity contribution >= 4 is 11.7 Å². The molecule has 21 heavy (non-hydrogen) atoms. The van der Waals surface area contributed by atoms with Gasteiger partial charge in [0, 0.05) is 19.6 Å². The fourth-order valence-corrected chi connectivity index (χ4v) is 2.88. The molecule has 2 atom stereocenters. The molecule has 1 aromatic heterocycles. The van der Waals surface area contributed by atoms with E-state index < -0.39 is 0 Å². The fraction of sp³-hybridized carbons (Fsp3) is 0.688. The molecule has 1 fully saturated rings. The Morgan fingerprint density at radius 2 is 2.19 bits per heavy atom. The lowest BCUT2D eigenvalue weighted by Crippen LogP contribution is -2.40. The maximum absolute atomic E-state index is 12.5. The molecule has 1 saturated carbocycles. The van der Waals surface area contributed by atoms with Gasteiger partial charge in [0.1, 0.15) is 11.5 Å². The second-order valence-corrected chi connectivity index (χ2v) is 6.06. The van der Waals surface area contributed by atoms with E-state index in [1.807, 2.05) is 11.9 Å². The van der Waals surface area contributed by atoms with E-state index in [1.165, 1.54) is 12.8 Å². The van der Waals surface area contributed by atoms with Crippen molar-refractivity contribution < 1.29 is 4.79 Å². The first kappa shape index (κ1) is 15.7. The topological polar surface area (TPSA) is 58.1 Å². The quantitative estimate of drug-likeness (QED) is 0.906. The number of amides is 1. The molecule has 0 spiro atoms. The molecule has 0 saturated heterocycles. The summed E-state index contributed by atoms with van der Waals surface area (Å²) < 4.78 is 0. The molecule has 116 valence electrons. The Morgan fingerprint density at radius 3 is 2.81 bits per heavy atom. The summed E-state index contributed by atoms with van der Waals surface area (Å²) in [7, 11) is 1.88. The highest BCUT2D eigenvalue weighted by Crippen LogP contribution is 2.27. The van der Waals surface area contributed by atoms with Crippen LogP contribution in [0, 0.1) is 5.92 Å². The highest BCUT2D eigenvalue weighted by Gasteiger charge is 2.26. The third kappa shape index (κ3) is 4.16. The Bertz CT molecular complexity index is 460. The van der Waals surface area contributed by atoms with Crippen molar-refractivity contribution in [1.82, 2.24) is 14.9 Å². The zero-order valence-electron chi connectivity index (χ0n) is 13.3. The molecule has 2 unspecified atom stereocenters. The Morgan fingerprint density at radius 1 is 1.38 bits per heavy atom.